The molecule has 2 heterocycles. The maximum atomic E-state index is 11.7. The van der Waals surface area contributed by atoms with Crippen molar-refractivity contribution in [2.24, 2.45) is 0 Å². The smallest absolute Gasteiger partial charge is 0.244 e. The van der Waals surface area contributed by atoms with Crippen molar-refractivity contribution < 1.29 is 14.7 Å². The number of piperidine rings is 1. The number of benzene rings is 1. The van der Waals surface area contributed by atoms with Gasteiger partial charge in [-0.3, -0.25) is 19.8 Å². The van der Waals surface area contributed by atoms with Crippen molar-refractivity contribution in [2.75, 3.05) is 13.1 Å². The van der Waals surface area contributed by atoms with E-state index in [1.54, 1.807) is 12.1 Å². The highest BCUT2D eigenvalue weighted by Gasteiger charge is 2.41. The molecule has 2 aliphatic heterocycles. The van der Waals surface area contributed by atoms with Gasteiger partial charge in [0, 0.05) is 18.1 Å². The molecule has 0 bridgehead atoms. The predicted octanol–water partition coefficient (Wildman–Crippen LogP) is 1.04. The molecule has 0 spiro atoms. The second-order valence-electron chi connectivity index (χ2n) is 5.71. The fourth-order valence-corrected chi connectivity index (χ4v) is 3.22. The zero-order valence-electron chi connectivity index (χ0n) is 11.5. The third kappa shape index (κ3) is 2.81. The van der Waals surface area contributed by atoms with Gasteiger partial charge in [0.15, 0.2) is 0 Å². The molecule has 6 heteroatoms. The van der Waals surface area contributed by atoms with Crippen LogP contribution in [0, 0.1) is 0 Å². The number of hydrogen-bond donors (Lipinski definition) is 2. The number of amides is 2. The molecule has 0 radical (unpaired) electrons. The van der Waals surface area contributed by atoms with Gasteiger partial charge < -0.3 is 5.11 Å². The zero-order chi connectivity index (χ0) is 15.0. The number of hydrogen-bond acceptors (Lipinski definition) is 4. The minimum absolute atomic E-state index is 0.219. The van der Waals surface area contributed by atoms with Gasteiger partial charge >= 0.3 is 0 Å². The Hall–Kier alpha value is -1.43. The standard InChI is InChI=1S/C15H17ClN2O3/c16-11-3-1-10(2-4-11)15(21)5-7-18(8-6-15)12-9-13(19)17-14(12)20/h1-4,12,21H,5-9H2,(H,17,19,20)/t12-/m0/s1. The minimum atomic E-state index is -0.889. The summed E-state index contributed by atoms with van der Waals surface area (Å²) in [6.45, 7) is 1.18. The van der Waals surface area contributed by atoms with Gasteiger partial charge in [-0.15, -0.1) is 0 Å². The van der Waals surface area contributed by atoms with Crippen LogP contribution >= 0.6 is 11.6 Å². The normalized spacial score (nSPS) is 25.9. The van der Waals surface area contributed by atoms with E-state index in [1.165, 1.54) is 0 Å². The molecule has 5 nitrogen and oxygen atoms in total. The Labute approximate surface area is 127 Å². The van der Waals surface area contributed by atoms with Crippen LogP contribution < -0.4 is 5.32 Å². The second-order valence-corrected chi connectivity index (χ2v) is 6.14. The van der Waals surface area contributed by atoms with Gasteiger partial charge in [0.2, 0.25) is 11.8 Å². The van der Waals surface area contributed by atoms with Gasteiger partial charge in [-0.25, -0.2) is 0 Å². The van der Waals surface area contributed by atoms with Crippen molar-refractivity contribution in [3.05, 3.63) is 34.9 Å². The van der Waals surface area contributed by atoms with Crippen LogP contribution in [0.3, 0.4) is 0 Å². The monoisotopic (exact) mass is 308 g/mol. The molecule has 2 aliphatic rings. The first-order valence-corrected chi connectivity index (χ1v) is 7.42. The van der Waals surface area contributed by atoms with E-state index in [0.717, 1.165) is 5.56 Å². The Morgan fingerprint density at radius 2 is 1.81 bits per heavy atom. The van der Waals surface area contributed by atoms with Crippen LogP contribution in [-0.4, -0.2) is 41.0 Å². The summed E-state index contributed by atoms with van der Waals surface area (Å²) in [7, 11) is 0. The first kappa shape index (κ1) is 14.5. The summed E-state index contributed by atoms with van der Waals surface area (Å²) < 4.78 is 0. The number of nitrogens with zero attached hydrogens (tertiary/aromatic N) is 1. The molecule has 0 saturated carbocycles. The van der Waals surface area contributed by atoms with Gasteiger partial charge in [0.1, 0.15) is 0 Å². The molecular formula is C15H17ClN2O3. The summed E-state index contributed by atoms with van der Waals surface area (Å²) in [6.07, 6.45) is 1.29. The van der Waals surface area contributed by atoms with Gasteiger partial charge in [-0.05, 0) is 30.5 Å². The topological polar surface area (TPSA) is 69.6 Å². The van der Waals surface area contributed by atoms with Gasteiger partial charge in [-0.1, -0.05) is 23.7 Å². The molecule has 21 heavy (non-hydrogen) atoms. The van der Waals surface area contributed by atoms with E-state index in [0.29, 0.717) is 31.0 Å². The van der Waals surface area contributed by atoms with Crippen LogP contribution in [0.15, 0.2) is 24.3 Å². The number of aliphatic hydroxyl groups is 1. The van der Waals surface area contributed by atoms with E-state index < -0.39 is 5.60 Å². The molecule has 112 valence electrons. The quantitative estimate of drug-likeness (QED) is 0.801. The van der Waals surface area contributed by atoms with Crippen molar-refractivity contribution in [3.63, 3.8) is 0 Å². The van der Waals surface area contributed by atoms with E-state index in [2.05, 4.69) is 5.32 Å². The van der Waals surface area contributed by atoms with Crippen LogP contribution in [0.5, 0.6) is 0 Å². The molecule has 2 amide bonds. The van der Waals surface area contributed by atoms with Crippen LogP contribution in [0.1, 0.15) is 24.8 Å². The van der Waals surface area contributed by atoms with Crippen molar-refractivity contribution in [1.29, 1.82) is 0 Å². The number of imide groups is 1. The Bertz CT molecular complexity index is 565. The number of likely N-dealkylation sites (tertiary alicyclic amines) is 1. The molecule has 2 N–H and O–H groups in total. The third-order valence-electron chi connectivity index (χ3n) is 4.39. The lowest BCUT2D eigenvalue weighted by Crippen LogP contribution is -2.49. The van der Waals surface area contributed by atoms with E-state index >= 15 is 0 Å². The summed E-state index contributed by atoms with van der Waals surface area (Å²) in [5.41, 5.74) is -0.0429. The van der Waals surface area contributed by atoms with Gasteiger partial charge in [0.25, 0.3) is 0 Å². The van der Waals surface area contributed by atoms with Crippen molar-refractivity contribution in [1.82, 2.24) is 10.2 Å². The zero-order valence-corrected chi connectivity index (χ0v) is 12.3. The summed E-state index contributed by atoms with van der Waals surface area (Å²) in [5.74, 6) is -0.444. The van der Waals surface area contributed by atoms with E-state index in [9.17, 15) is 14.7 Å². The van der Waals surface area contributed by atoms with E-state index in [-0.39, 0.29) is 24.3 Å². The molecular weight excluding hydrogens is 292 g/mol. The first-order valence-electron chi connectivity index (χ1n) is 7.04. The highest BCUT2D eigenvalue weighted by molar-refractivity contribution is 6.30. The van der Waals surface area contributed by atoms with Gasteiger partial charge in [0.05, 0.1) is 18.1 Å². The van der Waals surface area contributed by atoms with Crippen molar-refractivity contribution >= 4 is 23.4 Å². The molecule has 0 aliphatic carbocycles. The average Bonchev–Trinajstić information content (AvgIpc) is 2.79. The highest BCUT2D eigenvalue weighted by Crippen LogP contribution is 2.34. The number of nitrogens with one attached hydrogen (secondary N) is 1. The summed E-state index contributed by atoms with van der Waals surface area (Å²) >= 11 is 5.87. The molecule has 1 atom stereocenters. The van der Waals surface area contributed by atoms with E-state index in [4.69, 9.17) is 11.6 Å². The molecule has 3 rings (SSSR count). The van der Waals surface area contributed by atoms with Crippen molar-refractivity contribution in [3.8, 4) is 0 Å². The predicted molar refractivity (Wildman–Crippen MR) is 77.7 cm³/mol. The lowest BCUT2D eigenvalue weighted by Gasteiger charge is -2.40. The largest absolute Gasteiger partial charge is 0.385 e. The van der Waals surface area contributed by atoms with Crippen LogP contribution in [0.25, 0.3) is 0 Å². The molecule has 0 unspecified atom stereocenters. The molecule has 1 aromatic rings. The fraction of sp³-hybridized carbons (Fsp3) is 0.467. The number of halogens is 1. The molecule has 2 fully saturated rings. The van der Waals surface area contributed by atoms with Gasteiger partial charge in [-0.2, -0.15) is 0 Å². The lowest BCUT2D eigenvalue weighted by molar-refractivity contribution is -0.127. The van der Waals surface area contributed by atoms with Crippen molar-refractivity contribution in [2.45, 2.75) is 30.9 Å². The van der Waals surface area contributed by atoms with Crippen LogP contribution in [-0.2, 0) is 15.2 Å². The molecule has 1 aromatic carbocycles. The Kier molecular flexibility index (Phi) is 3.73. The maximum absolute atomic E-state index is 11.7. The van der Waals surface area contributed by atoms with Crippen LogP contribution in [0.2, 0.25) is 5.02 Å². The first-order chi connectivity index (χ1) is 9.98. The summed E-state index contributed by atoms with van der Waals surface area (Å²) in [6, 6.07) is 6.83. The fourth-order valence-electron chi connectivity index (χ4n) is 3.09. The molecule has 0 aromatic heterocycles. The number of carbonyl (C=O) groups excluding carboxylic acids is 2. The summed E-state index contributed by atoms with van der Waals surface area (Å²) in [5, 5.41) is 13.7. The lowest BCUT2D eigenvalue weighted by atomic mass is 9.84. The maximum Gasteiger partial charge on any atom is 0.244 e. The number of carbonyl (C=O) groups is 2. The van der Waals surface area contributed by atoms with E-state index in [1.807, 2.05) is 17.0 Å². The Balaban J connectivity index is 1.68. The number of rotatable bonds is 2. The SMILES string of the molecule is O=C1C[C@H](N2CCC(O)(c3ccc(Cl)cc3)CC2)C(=O)N1. The molecule has 2 saturated heterocycles. The Morgan fingerprint density at radius 3 is 2.33 bits per heavy atom. The van der Waals surface area contributed by atoms with Crippen LogP contribution in [0.4, 0.5) is 0 Å². The second kappa shape index (κ2) is 5.40. The third-order valence-corrected chi connectivity index (χ3v) is 4.64. The Morgan fingerprint density at radius 1 is 1.19 bits per heavy atom. The minimum Gasteiger partial charge on any atom is -0.385 e. The average molecular weight is 309 g/mol. The summed E-state index contributed by atoms with van der Waals surface area (Å²) in [4.78, 5) is 24.9. The highest BCUT2D eigenvalue weighted by atomic mass is 35.5.